The molecular weight excluding hydrogens is 510 g/mol. The molecular formula is C31H31N3O4S. The van der Waals surface area contributed by atoms with Gasteiger partial charge in [-0.05, 0) is 24.5 Å². The van der Waals surface area contributed by atoms with Crippen LogP contribution in [-0.2, 0) is 22.4 Å². The van der Waals surface area contributed by atoms with Gasteiger partial charge in [-0.15, -0.1) is 11.3 Å². The molecule has 0 saturated carbocycles. The van der Waals surface area contributed by atoms with Gasteiger partial charge in [0.25, 0.3) is 0 Å². The number of allylic oxidation sites excluding steroid dienone is 7. The molecule has 0 aliphatic carbocycles. The van der Waals surface area contributed by atoms with Crippen LogP contribution in [0.4, 0.5) is 0 Å². The van der Waals surface area contributed by atoms with E-state index in [1.165, 1.54) is 22.8 Å². The van der Waals surface area contributed by atoms with Crippen LogP contribution in [0.1, 0.15) is 39.6 Å². The summed E-state index contributed by atoms with van der Waals surface area (Å²) in [5.74, 6) is -1.93. The van der Waals surface area contributed by atoms with Crippen molar-refractivity contribution in [2.24, 2.45) is 0 Å². The molecule has 0 radical (unpaired) electrons. The molecule has 3 aromatic rings. The lowest BCUT2D eigenvalue weighted by Crippen LogP contribution is -2.48. The number of amides is 2. The highest BCUT2D eigenvalue weighted by Crippen LogP contribution is 2.23. The molecule has 200 valence electrons. The molecule has 0 bridgehead atoms. The van der Waals surface area contributed by atoms with E-state index >= 15 is 0 Å². The summed E-state index contributed by atoms with van der Waals surface area (Å²) in [6, 6.07) is 17.5. The lowest BCUT2D eigenvalue weighted by molar-refractivity contribution is -0.127. The number of rotatable bonds is 13. The van der Waals surface area contributed by atoms with E-state index < -0.39 is 29.9 Å². The third kappa shape index (κ3) is 10.0. The Morgan fingerprint density at radius 1 is 0.846 bits per heavy atom. The SMILES string of the molecule is C/C=C/C=C/C=C/C=C/C(=O)N[C@@H](Cc1ccccc1)C(=O)N[C@@H](Cc1ccccc1)c1nc(C(=O)O)cs1. The number of nitrogens with one attached hydrogen (secondary N) is 2. The van der Waals surface area contributed by atoms with Crippen LogP contribution in [0.2, 0.25) is 0 Å². The first kappa shape index (κ1) is 29.0. The molecule has 2 atom stereocenters. The van der Waals surface area contributed by atoms with E-state index in [4.69, 9.17) is 0 Å². The Hall–Kier alpha value is -4.56. The van der Waals surface area contributed by atoms with Crippen molar-refractivity contribution >= 4 is 29.1 Å². The largest absolute Gasteiger partial charge is 0.476 e. The van der Waals surface area contributed by atoms with Crippen molar-refractivity contribution in [1.82, 2.24) is 15.6 Å². The lowest BCUT2D eigenvalue weighted by atomic mass is 10.0. The van der Waals surface area contributed by atoms with Gasteiger partial charge in [0.2, 0.25) is 11.8 Å². The molecule has 8 heteroatoms. The number of aromatic carboxylic acids is 1. The summed E-state index contributed by atoms with van der Waals surface area (Å²) in [6.45, 7) is 1.93. The van der Waals surface area contributed by atoms with Crippen LogP contribution >= 0.6 is 11.3 Å². The third-order valence-electron chi connectivity index (χ3n) is 5.55. The molecule has 3 rings (SSSR count). The smallest absolute Gasteiger partial charge is 0.355 e. The van der Waals surface area contributed by atoms with E-state index in [0.29, 0.717) is 11.4 Å². The summed E-state index contributed by atoms with van der Waals surface area (Å²) >= 11 is 1.17. The Balaban J connectivity index is 1.79. The normalized spacial score (nSPS) is 13.3. The van der Waals surface area contributed by atoms with E-state index in [9.17, 15) is 19.5 Å². The number of carbonyl (C=O) groups is 3. The summed E-state index contributed by atoms with van der Waals surface area (Å²) in [5.41, 5.74) is 1.77. The van der Waals surface area contributed by atoms with Crippen molar-refractivity contribution in [3.63, 3.8) is 0 Å². The first-order valence-electron chi connectivity index (χ1n) is 12.5. The zero-order chi connectivity index (χ0) is 27.9. The molecule has 1 heterocycles. The van der Waals surface area contributed by atoms with Gasteiger partial charge in [0, 0.05) is 17.9 Å². The molecule has 7 nitrogen and oxygen atoms in total. The van der Waals surface area contributed by atoms with Gasteiger partial charge in [-0.1, -0.05) is 103 Å². The number of aromatic nitrogens is 1. The minimum Gasteiger partial charge on any atom is -0.476 e. The number of carboxylic acid groups (broad SMARTS) is 1. The van der Waals surface area contributed by atoms with Crippen LogP contribution in [0.5, 0.6) is 0 Å². The number of thiazole rings is 1. The first-order chi connectivity index (χ1) is 19.0. The molecule has 0 aliphatic heterocycles. The highest BCUT2D eigenvalue weighted by Gasteiger charge is 2.26. The second kappa shape index (κ2) is 15.6. The van der Waals surface area contributed by atoms with E-state index in [1.807, 2.05) is 91.9 Å². The highest BCUT2D eigenvalue weighted by molar-refractivity contribution is 7.09. The first-order valence-corrected chi connectivity index (χ1v) is 13.3. The number of hydrogen-bond acceptors (Lipinski definition) is 5. The number of nitrogens with zero attached hydrogens (tertiary/aromatic N) is 1. The van der Waals surface area contributed by atoms with E-state index in [2.05, 4.69) is 15.6 Å². The maximum Gasteiger partial charge on any atom is 0.355 e. The summed E-state index contributed by atoms with van der Waals surface area (Å²) in [7, 11) is 0. The Bertz CT molecular complexity index is 1340. The summed E-state index contributed by atoms with van der Waals surface area (Å²) in [4.78, 5) is 41.9. The van der Waals surface area contributed by atoms with Crippen molar-refractivity contribution in [2.45, 2.75) is 31.8 Å². The fraction of sp³-hybridized carbons (Fsp3) is 0.161. The van der Waals surface area contributed by atoms with Crippen LogP contribution in [-0.4, -0.2) is 33.9 Å². The second-order valence-electron chi connectivity index (χ2n) is 8.53. The van der Waals surface area contributed by atoms with Gasteiger partial charge >= 0.3 is 5.97 Å². The maximum atomic E-state index is 13.6. The molecule has 1 aromatic heterocycles. The number of carbonyl (C=O) groups excluding carboxylic acids is 2. The van der Waals surface area contributed by atoms with Gasteiger partial charge < -0.3 is 15.7 Å². The Morgan fingerprint density at radius 2 is 1.44 bits per heavy atom. The average molecular weight is 542 g/mol. The Labute approximate surface area is 232 Å². The van der Waals surface area contributed by atoms with Gasteiger partial charge in [-0.2, -0.15) is 0 Å². The molecule has 0 unspecified atom stereocenters. The Kier molecular flexibility index (Phi) is 11.6. The van der Waals surface area contributed by atoms with Crippen molar-refractivity contribution in [1.29, 1.82) is 0 Å². The molecule has 3 N–H and O–H groups in total. The zero-order valence-electron chi connectivity index (χ0n) is 21.6. The summed E-state index contributed by atoms with van der Waals surface area (Å²) in [6.07, 6.45) is 14.7. The predicted molar refractivity (Wildman–Crippen MR) is 154 cm³/mol. The molecule has 2 amide bonds. The minimum atomic E-state index is -1.13. The lowest BCUT2D eigenvalue weighted by Gasteiger charge is -2.22. The monoisotopic (exact) mass is 541 g/mol. The molecule has 0 spiro atoms. The molecule has 0 fully saturated rings. The topological polar surface area (TPSA) is 108 Å². The maximum absolute atomic E-state index is 13.6. The summed E-state index contributed by atoms with van der Waals surface area (Å²) in [5, 5.41) is 17.1. The van der Waals surface area contributed by atoms with Gasteiger partial charge in [-0.25, -0.2) is 9.78 Å². The van der Waals surface area contributed by atoms with Crippen LogP contribution in [0.15, 0.2) is 115 Å². The zero-order valence-corrected chi connectivity index (χ0v) is 22.4. The van der Waals surface area contributed by atoms with Crippen molar-refractivity contribution in [3.8, 4) is 0 Å². The van der Waals surface area contributed by atoms with Gasteiger partial charge in [0.05, 0.1) is 6.04 Å². The quantitative estimate of drug-likeness (QED) is 0.203. The van der Waals surface area contributed by atoms with E-state index in [0.717, 1.165) is 11.1 Å². The number of hydrogen-bond donors (Lipinski definition) is 3. The van der Waals surface area contributed by atoms with Gasteiger partial charge in [0.1, 0.15) is 11.0 Å². The number of carboxylic acids is 1. The minimum absolute atomic E-state index is 0.0739. The summed E-state index contributed by atoms with van der Waals surface area (Å²) < 4.78 is 0. The Morgan fingerprint density at radius 3 is 2.03 bits per heavy atom. The predicted octanol–water partition coefficient (Wildman–Crippen LogP) is 5.21. The average Bonchev–Trinajstić information content (AvgIpc) is 3.44. The van der Waals surface area contributed by atoms with Crippen molar-refractivity contribution < 1.29 is 19.5 Å². The molecule has 39 heavy (non-hydrogen) atoms. The standard InChI is InChI=1S/C31H31N3O4S/c1-2-3-4-5-6-7-14-19-28(35)32-25(20-23-15-10-8-11-16-23)29(36)33-26(21-24-17-12-9-13-18-24)30-34-27(22-39-30)31(37)38/h2-19,22,25-26H,20-21H2,1H3,(H,32,35)(H,33,36)(H,37,38)/b3-2+,5-4+,7-6+,19-14+/t25-,26-/m0/s1. The van der Waals surface area contributed by atoms with Crippen LogP contribution < -0.4 is 10.6 Å². The molecule has 2 aromatic carbocycles. The van der Waals surface area contributed by atoms with E-state index in [1.54, 1.807) is 18.2 Å². The van der Waals surface area contributed by atoms with Crippen LogP contribution in [0.25, 0.3) is 0 Å². The van der Waals surface area contributed by atoms with Crippen molar-refractivity contribution in [3.05, 3.63) is 136 Å². The fourth-order valence-corrected chi connectivity index (χ4v) is 4.50. The van der Waals surface area contributed by atoms with Crippen LogP contribution in [0, 0.1) is 0 Å². The van der Waals surface area contributed by atoms with Crippen molar-refractivity contribution in [2.75, 3.05) is 0 Å². The van der Waals surface area contributed by atoms with E-state index in [-0.39, 0.29) is 12.1 Å². The number of benzene rings is 2. The highest BCUT2D eigenvalue weighted by atomic mass is 32.1. The van der Waals surface area contributed by atoms with Crippen LogP contribution in [0.3, 0.4) is 0 Å². The van der Waals surface area contributed by atoms with Gasteiger partial charge in [-0.3, -0.25) is 9.59 Å². The molecule has 0 aliphatic rings. The fourth-order valence-electron chi connectivity index (χ4n) is 3.66. The third-order valence-corrected chi connectivity index (χ3v) is 6.51. The van der Waals surface area contributed by atoms with Gasteiger partial charge in [0.15, 0.2) is 5.69 Å². The second-order valence-corrected chi connectivity index (χ2v) is 9.42. The molecule has 0 saturated heterocycles.